The highest BCUT2D eigenvalue weighted by Crippen LogP contribution is 2.44. The maximum Gasteiger partial charge on any atom is 0.431 e. The van der Waals surface area contributed by atoms with Gasteiger partial charge in [0, 0.05) is 12.5 Å². The molecule has 0 spiro atoms. The summed E-state index contributed by atoms with van der Waals surface area (Å²) >= 11 is 0. The molecular formula is C17H18N2O3. The van der Waals surface area contributed by atoms with E-state index in [2.05, 4.69) is 29.7 Å². The van der Waals surface area contributed by atoms with Crippen molar-refractivity contribution in [1.29, 1.82) is 0 Å². The minimum atomic E-state index is -0.602. The number of ether oxygens (including phenoxy) is 1. The Hall–Kier alpha value is -2.37. The fourth-order valence-corrected chi connectivity index (χ4v) is 2.80. The summed E-state index contributed by atoms with van der Waals surface area (Å²) in [6.45, 7) is 0.861. The second-order valence-corrected chi connectivity index (χ2v) is 5.06. The first-order valence-electron chi connectivity index (χ1n) is 7.24. The van der Waals surface area contributed by atoms with E-state index in [0.29, 0.717) is 6.54 Å². The van der Waals surface area contributed by atoms with Crippen LogP contribution in [0.15, 0.2) is 48.5 Å². The minimum absolute atomic E-state index is 0.0488. The molecule has 0 fully saturated rings. The van der Waals surface area contributed by atoms with Crippen LogP contribution in [-0.4, -0.2) is 25.9 Å². The van der Waals surface area contributed by atoms with Crippen LogP contribution in [-0.2, 0) is 9.57 Å². The van der Waals surface area contributed by atoms with E-state index < -0.39 is 6.09 Å². The number of rotatable bonds is 5. The molecule has 2 aromatic carbocycles. The Balaban J connectivity index is 1.73. The summed E-state index contributed by atoms with van der Waals surface area (Å²) in [5.74, 6) is 0.0488. The van der Waals surface area contributed by atoms with Crippen LogP contribution in [0.4, 0.5) is 4.79 Å². The third kappa shape index (κ3) is 2.81. The normalized spacial score (nSPS) is 12.6. The molecular weight excluding hydrogens is 280 g/mol. The van der Waals surface area contributed by atoms with Crippen LogP contribution in [0.3, 0.4) is 0 Å². The second-order valence-electron chi connectivity index (χ2n) is 5.06. The summed E-state index contributed by atoms with van der Waals surface area (Å²) in [6.07, 6.45) is -0.602. The summed E-state index contributed by atoms with van der Waals surface area (Å²) in [7, 11) is 0. The average Bonchev–Trinajstić information content (AvgIpc) is 2.87. The lowest BCUT2D eigenvalue weighted by Crippen LogP contribution is -2.28. The van der Waals surface area contributed by atoms with Crippen LogP contribution in [0.2, 0.25) is 0 Å². The van der Waals surface area contributed by atoms with Crippen molar-refractivity contribution in [2.75, 3.05) is 19.8 Å². The number of nitrogens with one attached hydrogen (secondary N) is 1. The number of nitrogens with two attached hydrogens (primary N) is 1. The third-order valence-corrected chi connectivity index (χ3v) is 3.72. The molecule has 5 nitrogen and oxygen atoms in total. The Bertz CT molecular complexity index is 627. The summed E-state index contributed by atoms with van der Waals surface area (Å²) < 4.78 is 5.27. The Labute approximate surface area is 129 Å². The van der Waals surface area contributed by atoms with E-state index in [9.17, 15) is 4.79 Å². The van der Waals surface area contributed by atoms with Crippen molar-refractivity contribution in [2.24, 2.45) is 5.73 Å². The van der Waals surface area contributed by atoms with Crippen molar-refractivity contribution >= 4 is 6.09 Å². The van der Waals surface area contributed by atoms with E-state index in [1.54, 1.807) is 0 Å². The number of carbonyl (C=O) groups excluding carboxylic acids is 1. The van der Waals surface area contributed by atoms with Gasteiger partial charge in [-0.3, -0.25) is 4.84 Å². The monoisotopic (exact) mass is 298 g/mol. The lowest BCUT2D eigenvalue weighted by molar-refractivity contribution is 0.0309. The zero-order valence-electron chi connectivity index (χ0n) is 12.1. The molecule has 0 atom stereocenters. The SMILES string of the molecule is NCCONC(=O)OCC1c2ccccc2-c2ccccc21. The number of hydroxylamine groups is 1. The van der Waals surface area contributed by atoms with Gasteiger partial charge in [-0.15, -0.1) is 0 Å². The van der Waals surface area contributed by atoms with Gasteiger partial charge in [-0.25, -0.2) is 4.79 Å². The predicted molar refractivity (Wildman–Crippen MR) is 83.2 cm³/mol. The molecule has 5 heteroatoms. The van der Waals surface area contributed by atoms with Crippen molar-refractivity contribution < 1.29 is 14.4 Å². The Morgan fingerprint density at radius 2 is 1.64 bits per heavy atom. The molecule has 0 radical (unpaired) electrons. The molecule has 114 valence electrons. The van der Waals surface area contributed by atoms with Gasteiger partial charge >= 0.3 is 6.09 Å². The van der Waals surface area contributed by atoms with Gasteiger partial charge in [0.15, 0.2) is 0 Å². The first-order chi connectivity index (χ1) is 10.8. The molecule has 3 rings (SSSR count). The van der Waals surface area contributed by atoms with Gasteiger partial charge in [0.05, 0.1) is 6.61 Å². The smallest absolute Gasteiger partial charge is 0.431 e. The van der Waals surface area contributed by atoms with E-state index in [1.165, 1.54) is 22.3 Å². The van der Waals surface area contributed by atoms with Gasteiger partial charge in [-0.2, -0.15) is 5.48 Å². The fourth-order valence-electron chi connectivity index (χ4n) is 2.80. The lowest BCUT2D eigenvalue weighted by Gasteiger charge is -2.14. The predicted octanol–water partition coefficient (Wildman–Crippen LogP) is 2.42. The van der Waals surface area contributed by atoms with Crippen LogP contribution in [0.25, 0.3) is 11.1 Å². The quantitative estimate of drug-likeness (QED) is 0.657. The topological polar surface area (TPSA) is 73.6 Å². The molecule has 0 saturated carbocycles. The molecule has 0 unspecified atom stereocenters. The van der Waals surface area contributed by atoms with Crippen LogP contribution in [0.5, 0.6) is 0 Å². The standard InChI is InChI=1S/C17H18N2O3/c18-9-10-22-19-17(20)21-11-16-14-7-3-1-5-12(14)13-6-2-4-8-15(13)16/h1-8,16H,9-11,18H2,(H,19,20). The molecule has 22 heavy (non-hydrogen) atoms. The molecule has 0 saturated heterocycles. The molecule has 1 aliphatic carbocycles. The maximum atomic E-state index is 11.6. The lowest BCUT2D eigenvalue weighted by atomic mass is 9.98. The van der Waals surface area contributed by atoms with Gasteiger partial charge < -0.3 is 10.5 Å². The zero-order valence-corrected chi connectivity index (χ0v) is 12.1. The summed E-state index contributed by atoms with van der Waals surface area (Å²) in [6, 6.07) is 16.4. The first kappa shape index (κ1) is 14.6. The molecule has 3 N–H and O–H groups in total. The van der Waals surface area contributed by atoms with Gasteiger partial charge in [-0.1, -0.05) is 48.5 Å². The maximum absolute atomic E-state index is 11.6. The van der Waals surface area contributed by atoms with Gasteiger partial charge in [0.2, 0.25) is 0 Å². The number of hydrogen-bond donors (Lipinski definition) is 2. The zero-order chi connectivity index (χ0) is 15.4. The van der Waals surface area contributed by atoms with E-state index in [1.807, 2.05) is 24.3 Å². The first-order valence-corrected chi connectivity index (χ1v) is 7.24. The molecule has 1 amide bonds. The third-order valence-electron chi connectivity index (χ3n) is 3.72. The van der Waals surface area contributed by atoms with Crippen LogP contribution in [0, 0.1) is 0 Å². The van der Waals surface area contributed by atoms with E-state index in [0.717, 1.165) is 0 Å². The Morgan fingerprint density at radius 3 is 2.23 bits per heavy atom. The summed E-state index contributed by atoms with van der Waals surface area (Å²) in [4.78, 5) is 16.4. The average molecular weight is 298 g/mol. The highest BCUT2D eigenvalue weighted by Gasteiger charge is 2.28. The molecule has 0 bridgehead atoms. The summed E-state index contributed by atoms with van der Waals surface area (Å²) in [5.41, 5.74) is 12.3. The van der Waals surface area contributed by atoms with Crippen LogP contribution >= 0.6 is 0 Å². The largest absolute Gasteiger partial charge is 0.447 e. The molecule has 0 aliphatic heterocycles. The van der Waals surface area contributed by atoms with Crippen molar-refractivity contribution in [3.05, 3.63) is 59.7 Å². The molecule has 0 aromatic heterocycles. The fraction of sp³-hybridized carbons (Fsp3) is 0.235. The second kappa shape index (κ2) is 6.60. The van der Waals surface area contributed by atoms with E-state index in [4.69, 9.17) is 15.3 Å². The van der Waals surface area contributed by atoms with E-state index >= 15 is 0 Å². The Kier molecular flexibility index (Phi) is 4.37. The van der Waals surface area contributed by atoms with Crippen molar-refractivity contribution in [3.8, 4) is 11.1 Å². The van der Waals surface area contributed by atoms with Gasteiger partial charge in [-0.05, 0) is 22.3 Å². The number of amides is 1. The molecule has 1 aliphatic rings. The number of benzene rings is 2. The van der Waals surface area contributed by atoms with Crippen LogP contribution < -0.4 is 11.2 Å². The molecule has 0 heterocycles. The minimum Gasteiger partial charge on any atom is -0.447 e. The molecule has 2 aromatic rings. The number of carbonyl (C=O) groups is 1. The van der Waals surface area contributed by atoms with Gasteiger partial charge in [0.25, 0.3) is 0 Å². The Morgan fingerprint density at radius 1 is 1.05 bits per heavy atom. The van der Waals surface area contributed by atoms with Crippen LogP contribution in [0.1, 0.15) is 17.0 Å². The van der Waals surface area contributed by atoms with E-state index in [-0.39, 0.29) is 19.1 Å². The van der Waals surface area contributed by atoms with Crippen molar-refractivity contribution in [3.63, 3.8) is 0 Å². The van der Waals surface area contributed by atoms with Gasteiger partial charge in [0.1, 0.15) is 6.61 Å². The highest BCUT2D eigenvalue weighted by molar-refractivity contribution is 5.79. The highest BCUT2D eigenvalue weighted by atomic mass is 16.7. The number of fused-ring (bicyclic) bond motifs is 3. The van der Waals surface area contributed by atoms with Crippen molar-refractivity contribution in [1.82, 2.24) is 5.48 Å². The van der Waals surface area contributed by atoms with Crippen molar-refractivity contribution in [2.45, 2.75) is 5.92 Å². The number of hydrogen-bond acceptors (Lipinski definition) is 4. The summed E-state index contributed by atoms with van der Waals surface area (Å²) in [5, 5.41) is 0.